The van der Waals surface area contributed by atoms with Crippen molar-refractivity contribution in [2.75, 3.05) is 54.1 Å². The lowest BCUT2D eigenvalue weighted by Gasteiger charge is -2.28. The molecule has 0 heterocycles. The van der Waals surface area contributed by atoms with E-state index in [0.29, 0.717) is 17.6 Å². The summed E-state index contributed by atoms with van der Waals surface area (Å²) in [6.45, 7) is 5.18. The zero-order chi connectivity index (χ0) is 42.7. The van der Waals surface area contributed by atoms with Crippen molar-refractivity contribution in [2.45, 2.75) is 168 Å². The van der Waals surface area contributed by atoms with Crippen molar-refractivity contribution in [1.82, 2.24) is 0 Å². The van der Waals surface area contributed by atoms with E-state index >= 15 is 0 Å². The Bertz CT molecular complexity index is 1200. The minimum atomic E-state index is -4.54. The monoisotopic (exact) mass is 832 g/mol. The van der Waals surface area contributed by atoms with Gasteiger partial charge in [0.05, 0.1) is 34.4 Å². The van der Waals surface area contributed by atoms with Gasteiger partial charge in [-0.15, -0.1) is 0 Å². The first kappa shape index (κ1) is 55.7. The van der Waals surface area contributed by atoms with Crippen molar-refractivity contribution in [3.05, 3.63) is 85.1 Å². The van der Waals surface area contributed by atoms with Gasteiger partial charge in [-0.3, -0.25) is 9.36 Å². The molecule has 0 spiro atoms. The lowest BCUT2D eigenvalue weighted by atomic mass is 10.1. The van der Waals surface area contributed by atoms with Gasteiger partial charge in [0.2, 0.25) is 0 Å². The highest BCUT2D eigenvalue weighted by Crippen LogP contribution is 2.38. The number of ether oxygens (including phenoxy) is 2. The minimum Gasteiger partial charge on any atom is -0.756 e. The van der Waals surface area contributed by atoms with E-state index in [1.54, 1.807) is 0 Å². The predicted octanol–water partition coefficient (Wildman–Crippen LogP) is 13.0. The fraction of sp³-hybridized carbons (Fsp3) is 0.694. The molecule has 0 saturated carbocycles. The molecular weight excluding hydrogens is 746 g/mol. The third-order valence-electron chi connectivity index (χ3n) is 9.18. The molecular formula is C49H86NO7P. The zero-order valence-corrected chi connectivity index (χ0v) is 38.6. The van der Waals surface area contributed by atoms with Gasteiger partial charge < -0.3 is 27.9 Å². The van der Waals surface area contributed by atoms with Gasteiger partial charge in [0.1, 0.15) is 19.3 Å². The molecule has 0 radical (unpaired) electrons. The van der Waals surface area contributed by atoms with E-state index in [4.69, 9.17) is 18.5 Å². The second kappa shape index (κ2) is 41.4. The fourth-order valence-corrected chi connectivity index (χ4v) is 6.38. The van der Waals surface area contributed by atoms with Crippen LogP contribution in [0.3, 0.4) is 0 Å². The molecule has 0 aromatic rings. The summed E-state index contributed by atoms with van der Waals surface area (Å²) in [6.07, 6.45) is 54.5. The molecule has 0 N–H and O–H groups in total. The van der Waals surface area contributed by atoms with Crippen LogP contribution >= 0.6 is 7.82 Å². The Morgan fingerprint density at radius 1 is 0.552 bits per heavy atom. The van der Waals surface area contributed by atoms with E-state index in [-0.39, 0.29) is 32.2 Å². The van der Waals surface area contributed by atoms with Crippen molar-refractivity contribution < 1.29 is 37.3 Å². The number of unbranched alkanes of at least 4 members (excludes halogenated alkanes) is 13. The largest absolute Gasteiger partial charge is 0.756 e. The Kier molecular flexibility index (Phi) is 39.8. The Labute approximate surface area is 356 Å². The molecule has 0 aliphatic carbocycles. The highest BCUT2D eigenvalue weighted by molar-refractivity contribution is 7.45. The summed E-state index contributed by atoms with van der Waals surface area (Å²) in [5.74, 6) is -0.360. The predicted molar refractivity (Wildman–Crippen MR) is 245 cm³/mol. The summed E-state index contributed by atoms with van der Waals surface area (Å²) in [4.78, 5) is 25.1. The van der Waals surface area contributed by atoms with Crippen molar-refractivity contribution in [2.24, 2.45) is 0 Å². The van der Waals surface area contributed by atoms with Crippen LogP contribution in [0.5, 0.6) is 0 Å². The highest BCUT2D eigenvalue weighted by Gasteiger charge is 2.20. The van der Waals surface area contributed by atoms with Gasteiger partial charge in [-0.05, 0) is 83.5 Å². The number of hydrogen-bond acceptors (Lipinski definition) is 7. The van der Waals surface area contributed by atoms with E-state index in [0.717, 1.165) is 103 Å². The van der Waals surface area contributed by atoms with E-state index < -0.39 is 13.9 Å². The summed E-state index contributed by atoms with van der Waals surface area (Å²) in [5.41, 5.74) is 0. The van der Waals surface area contributed by atoms with Crippen LogP contribution in [0.1, 0.15) is 162 Å². The second-order valence-electron chi connectivity index (χ2n) is 16.0. The summed E-state index contributed by atoms with van der Waals surface area (Å²) < 4.78 is 34.6. The van der Waals surface area contributed by atoms with Crippen molar-refractivity contribution in [3.63, 3.8) is 0 Å². The standard InChI is InChI=1S/C49H86NO7P/c1-6-8-10-12-14-16-18-20-22-23-24-25-26-27-28-30-32-34-36-38-40-42-49(51)57-48(47-56-58(52,53)55-45-43-50(3,4)5)46-54-44-41-39-37-35-33-31-29-21-19-17-15-13-11-9-7-2/h8,10,13-16,19-22,24-25,27-28,48H,6-7,9,11-12,17-18,23,26,29-47H2,1-5H3/b10-8-,15-13-,16-14-,21-19-,22-20-,25-24-,28-27-. The number of carbonyl (C=O) groups excluding carboxylic acids is 1. The molecule has 8 nitrogen and oxygen atoms in total. The molecule has 9 heteroatoms. The number of phosphoric acid groups is 1. The number of nitrogens with zero attached hydrogens (tertiary/aromatic N) is 1. The highest BCUT2D eigenvalue weighted by atomic mass is 31.2. The number of phosphoric ester groups is 1. The quantitative estimate of drug-likeness (QED) is 0.0199. The summed E-state index contributed by atoms with van der Waals surface area (Å²) >= 11 is 0. The zero-order valence-electron chi connectivity index (χ0n) is 37.7. The number of rotatable bonds is 41. The lowest BCUT2D eigenvalue weighted by molar-refractivity contribution is -0.870. The first-order valence-corrected chi connectivity index (χ1v) is 24.3. The van der Waals surface area contributed by atoms with Crippen LogP contribution in [-0.2, 0) is 27.9 Å². The smallest absolute Gasteiger partial charge is 0.306 e. The molecule has 0 aromatic heterocycles. The fourth-order valence-electron chi connectivity index (χ4n) is 5.65. The molecule has 334 valence electrons. The van der Waals surface area contributed by atoms with E-state index in [9.17, 15) is 14.3 Å². The average Bonchev–Trinajstić information content (AvgIpc) is 3.18. The minimum absolute atomic E-state index is 0.0149. The normalized spacial score (nSPS) is 14.5. The van der Waals surface area contributed by atoms with E-state index in [1.807, 2.05) is 21.1 Å². The third kappa shape index (κ3) is 44.8. The molecule has 58 heavy (non-hydrogen) atoms. The number of likely N-dealkylation sites (N-methyl/N-ethyl adjacent to an activating group) is 1. The summed E-state index contributed by atoms with van der Waals surface area (Å²) in [6, 6.07) is 0. The first-order valence-electron chi connectivity index (χ1n) is 22.8. The van der Waals surface area contributed by atoms with E-state index in [2.05, 4.69) is 98.9 Å². The van der Waals surface area contributed by atoms with Gasteiger partial charge in [0.15, 0.2) is 0 Å². The third-order valence-corrected chi connectivity index (χ3v) is 10.1. The van der Waals surface area contributed by atoms with Crippen molar-refractivity contribution in [1.29, 1.82) is 0 Å². The number of hydrogen-bond donors (Lipinski definition) is 0. The molecule has 2 unspecified atom stereocenters. The molecule has 0 aliphatic heterocycles. The maximum atomic E-state index is 12.7. The average molecular weight is 832 g/mol. The van der Waals surface area contributed by atoms with Crippen LogP contribution in [0.4, 0.5) is 0 Å². The van der Waals surface area contributed by atoms with Crippen LogP contribution in [0.25, 0.3) is 0 Å². The Hall–Kier alpha value is -2.32. The molecule has 0 rings (SSSR count). The van der Waals surface area contributed by atoms with Crippen LogP contribution in [0.15, 0.2) is 85.1 Å². The van der Waals surface area contributed by atoms with Crippen LogP contribution in [0, 0.1) is 0 Å². The molecule has 0 amide bonds. The van der Waals surface area contributed by atoms with Crippen LogP contribution in [-0.4, -0.2) is 70.7 Å². The van der Waals surface area contributed by atoms with Gasteiger partial charge in [0, 0.05) is 13.0 Å². The van der Waals surface area contributed by atoms with Crippen LogP contribution < -0.4 is 4.89 Å². The van der Waals surface area contributed by atoms with Crippen LogP contribution in [0.2, 0.25) is 0 Å². The Morgan fingerprint density at radius 2 is 1.00 bits per heavy atom. The number of carbonyl (C=O) groups is 1. The number of quaternary nitrogens is 1. The Balaban J connectivity index is 4.29. The maximum Gasteiger partial charge on any atom is 0.306 e. The van der Waals surface area contributed by atoms with Crippen molar-refractivity contribution in [3.8, 4) is 0 Å². The topological polar surface area (TPSA) is 94.1 Å². The van der Waals surface area contributed by atoms with Gasteiger partial charge in [-0.1, -0.05) is 157 Å². The van der Waals surface area contributed by atoms with Crippen molar-refractivity contribution >= 4 is 13.8 Å². The Morgan fingerprint density at radius 3 is 1.50 bits per heavy atom. The van der Waals surface area contributed by atoms with E-state index in [1.165, 1.54) is 38.5 Å². The lowest BCUT2D eigenvalue weighted by Crippen LogP contribution is -2.37. The SMILES string of the molecule is CC/C=C\C/C=C\C/C=C\C/C=C\C/C=C\CCCCCCCC(=O)OC(COCCCCCCCC/C=C\C/C=C\CCCC)COP(=O)([O-])OCC[N+](C)(C)C. The molecule has 0 saturated heterocycles. The number of esters is 1. The van der Waals surface area contributed by atoms with Gasteiger partial charge >= 0.3 is 5.97 Å². The maximum absolute atomic E-state index is 12.7. The molecule has 0 fully saturated rings. The molecule has 0 aromatic carbocycles. The molecule has 2 atom stereocenters. The van der Waals surface area contributed by atoms with Gasteiger partial charge in [0.25, 0.3) is 7.82 Å². The molecule has 0 aliphatic rings. The second-order valence-corrected chi connectivity index (χ2v) is 17.4. The first-order chi connectivity index (χ1) is 28.1. The summed E-state index contributed by atoms with van der Waals surface area (Å²) in [5, 5.41) is 0. The number of allylic oxidation sites excluding steroid dienone is 14. The van der Waals surface area contributed by atoms with Gasteiger partial charge in [-0.25, -0.2) is 0 Å². The van der Waals surface area contributed by atoms with Gasteiger partial charge in [-0.2, -0.15) is 0 Å². The molecule has 0 bridgehead atoms. The summed E-state index contributed by atoms with van der Waals surface area (Å²) in [7, 11) is 1.32.